The van der Waals surface area contributed by atoms with Gasteiger partial charge >= 0.3 is 0 Å². The van der Waals surface area contributed by atoms with Crippen molar-refractivity contribution in [1.82, 2.24) is 5.43 Å². The van der Waals surface area contributed by atoms with Gasteiger partial charge in [0.25, 0.3) is 5.91 Å². The molecule has 6 heteroatoms. The second kappa shape index (κ2) is 8.61. The fraction of sp³-hybridized carbons (Fsp3) is 0.533. The molecular weight excluding hydrogens is 272 g/mol. The van der Waals surface area contributed by atoms with E-state index in [9.17, 15) is 4.79 Å². The van der Waals surface area contributed by atoms with Crippen LogP contribution in [0.15, 0.2) is 24.3 Å². The molecule has 1 aromatic carbocycles. The molecule has 1 rings (SSSR count). The summed E-state index contributed by atoms with van der Waals surface area (Å²) in [5, 5.41) is 0. The lowest BCUT2D eigenvalue weighted by Crippen LogP contribution is -2.29. The summed E-state index contributed by atoms with van der Waals surface area (Å²) in [4.78, 5) is 11.4. The first kappa shape index (κ1) is 17.4. The van der Waals surface area contributed by atoms with Crippen LogP contribution in [0.25, 0.3) is 0 Å². The molecule has 0 spiro atoms. The van der Waals surface area contributed by atoms with Gasteiger partial charge in [-0.05, 0) is 38.5 Å². The van der Waals surface area contributed by atoms with Crippen molar-refractivity contribution in [1.29, 1.82) is 0 Å². The van der Waals surface area contributed by atoms with Crippen molar-refractivity contribution < 1.29 is 19.0 Å². The number of hydrogen-bond acceptors (Lipinski definition) is 5. The number of benzene rings is 1. The van der Waals surface area contributed by atoms with E-state index in [0.29, 0.717) is 31.1 Å². The number of hydrazine groups is 1. The first-order chi connectivity index (χ1) is 9.98. The Morgan fingerprint density at radius 3 is 2.71 bits per heavy atom. The molecule has 0 saturated carbocycles. The van der Waals surface area contributed by atoms with E-state index in [2.05, 4.69) is 5.43 Å². The Balaban J connectivity index is 2.26. The highest BCUT2D eigenvalue weighted by Crippen LogP contribution is 2.14. The standard InChI is InChI=1S/C15H24N2O4/c1-15(2,19-3)7-8-20-9-10-21-13-6-4-5-12(11-13)14(18)17-16/h4-6,11H,7-10,16H2,1-3H3,(H,17,18). The second-order valence-corrected chi connectivity index (χ2v) is 5.18. The van der Waals surface area contributed by atoms with Crippen molar-refractivity contribution in [3.63, 3.8) is 0 Å². The summed E-state index contributed by atoms with van der Waals surface area (Å²) in [5.74, 6) is 5.34. The van der Waals surface area contributed by atoms with Gasteiger partial charge in [-0.25, -0.2) is 5.84 Å². The molecule has 118 valence electrons. The molecule has 0 atom stereocenters. The maximum absolute atomic E-state index is 11.4. The van der Waals surface area contributed by atoms with Crippen LogP contribution in [0.3, 0.4) is 0 Å². The Morgan fingerprint density at radius 2 is 2.05 bits per heavy atom. The Morgan fingerprint density at radius 1 is 1.29 bits per heavy atom. The highest BCUT2D eigenvalue weighted by molar-refractivity contribution is 5.94. The molecule has 0 fully saturated rings. The monoisotopic (exact) mass is 296 g/mol. The molecule has 21 heavy (non-hydrogen) atoms. The van der Waals surface area contributed by atoms with E-state index in [1.807, 2.05) is 13.8 Å². The minimum Gasteiger partial charge on any atom is -0.491 e. The third-order valence-electron chi connectivity index (χ3n) is 3.12. The molecule has 6 nitrogen and oxygen atoms in total. The van der Waals surface area contributed by atoms with Crippen LogP contribution in [0.4, 0.5) is 0 Å². The third-order valence-corrected chi connectivity index (χ3v) is 3.12. The summed E-state index contributed by atoms with van der Waals surface area (Å²) < 4.78 is 16.3. The molecule has 1 aromatic rings. The van der Waals surface area contributed by atoms with Gasteiger partial charge in [0.1, 0.15) is 12.4 Å². The fourth-order valence-corrected chi connectivity index (χ4v) is 1.55. The number of ether oxygens (including phenoxy) is 3. The maximum Gasteiger partial charge on any atom is 0.265 e. The van der Waals surface area contributed by atoms with Crippen molar-refractivity contribution in [3.05, 3.63) is 29.8 Å². The maximum atomic E-state index is 11.4. The van der Waals surface area contributed by atoms with Crippen LogP contribution >= 0.6 is 0 Å². The number of methoxy groups -OCH3 is 1. The zero-order valence-electron chi connectivity index (χ0n) is 12.8. The quantitative estimate of drug-likeness (QED) is 0.312. The number of nitrogens with two attached hydrogens (primary N) is 1. The minimum absolute atomic E-state index is 0.176. The SMILES string of the molecule is COC(C)(C)CCOCCOc1cccc(C(=O)NN)c1. The zero-order chi connectivity index (χ0) is 15.7. The van der Waals surface area contributed by atoms with Crippen LogP contribution in [-0.2, 0) is 9.47 Å². The summed E-state index contributed by atoms with van der Waals surface area (Å²) in [6.45, 7) is 5.54. The predicted molar refractivity (Wildman–Crippen MR) is 80.1 cm³/mol. The lowest BCUT2D eigenvalue weighted by Gasteiger charge is -2.22. The number of nitrogen functional groups attached to an aromatic ring is 1. The van der Waals surface area contributed by atoms with Crippen LogP contribution in [0.5, 0.6) is 5.75 Å². The Kier molecular flexibility index (Phi) is 7.14. The van der Waals surface area contributed by atoms with Gasteiger partial charge in [0.15, 0.2) is 0 Å². The molecule has 0 aliphatic heterocycles. The number of carbonyl (C=O) groups excluding carboxylic acids is 1. The summed E-state index contributed by atoms with van der Waals surface area (Å²) >= 11 is 0. The van der Waals surface area contributed by atoms with Gasteiger partial charge in [-0.2, -0.15) is 0 Å². The van der Waals surface area contributed by atoms with Gasteiger partial charge in [-0.15, -0.1) is 0 Å². The molecule has 0 saturated heterocycles. The molecular formula is C15H24N2O4. The van der Waals surface area contributed by atoms with E-state index in [0.717, 1.165) is 6.42 Å². The number of carbonyl (C=O) groups is 1. The highest BCUT2D eigenvalue weighted by atomic mass is 16.5. The second-order valence-electron chi connectivity index (χ2n) is 5.18. The summed E-state index contributed by atoms with van der Waals surface area (Å²) in [6.07, 6.45) is 0.815. The van der Waals surface area contributed by atoms with Crippen molar-refractivity contribution in [2.45, 2.75) is 25.9 Å². The first-order valence-corrected chi connectivity index (χ1v) is 6.85. The van der Waals surface area contributed by atoms with Crippen LogP contribution in [0.2, 0.25) is 0 Å². The average Bonchev–Trinajstić information content (AvgIpc) is 2.50. The van der Waals surface area contributed by atoms with Crippen molar-refractivity contribution in [3.8, 4) is 5.75 Å². The molecule has 0 heterocycles. The van der Waals surface area contributed by atoms with Crippen LogP contribution in [-0.4, -0.2) is 38.4 Å². The fourth-order valence-electron chi connectivity index (χ4n) is 1.55. The van der Waals surface area contributed by atoms with Crippen molar-refractivity contribution >= 4 is 5.91 Å². The average molecular weight is 296 g/mol. The highest BCUT2D eigenvalue weighted by Gasteiger charge is 2.15. The molecule has 0 radical (unpaired) electrons. The molecule has 1 amide bonds. The van der Waals surface area contributed by atoms with Crippen LogP contribution in [0, 0.1) is 0 Å². The lowest BCUT2D eigenvalue weighted by molar-refractivity contribution is -0.0128. The Bertz CT molecular complexity index is 449. The van der Waals surface area contributed by atoms with E-state index in [1.165, 1.54) is 0 Å². The van der Waals surface area contributed by atoms with Gasteiger partial charge in [0, 0.05) is 19.3 Å². The van der Waals surface area contributed by atoms with Gasteiger partial charge in [0.05, 0.1) is 12.2 Å². The van der Waals surface area contributed by atoms with Crippen molar-refractivity contribution in [2.75, 3.05) is 26.9 Å². The van der Waals surface area contributed by atoms with Gasteiger partial charge in [0.2, 0.25) is 0 Å². The summed E-state index contributed by atoms with van der Waals surface area (Å²) in [7, 11) is 1.69. The molecule has 3 N–H and O–H groups in total. The lowest BCUT2D eigenvalue weighted by atomic mass is 10.1. The topological polar surface area (TPSA) is 82.8 Å². The Labute approximate surface area is 125 Å². The largest absolute Gasteiger partial charge is 0.491 e. The van der Waals surface area contributed by atoms with Crippen molar-refractivity contribution in [2.24, 2.45) is 5.84 Å². The molecule has 0 aliphatic carbocycles. The van der Waals surface area contributed by atoms with E-state index in [1.54, 1.807) is 31.4 Å². The number of nitrogens with one attached hydrogen (secondary N) is 1. The van der Waals surface area contributed by atoms with E-state index >= 15 is 0 Å². The third kappa shape index (κ3) is 6.57. The molecule has 0 bridgehead atoms. The molecule has 0 unspecified atom stereocenters. The normalized spacial score (nSPS) is 11.2. The number of hydrogen-bond donors (Lipinski definition) is 2. The van der Waals surface area contributed by atoms with Crippen LogP contribution < -0.4 is 16.0 Å². The molecule has 0 aliphatic rings. The number of rotatable bonds is 9. The number of amides is 1. The first-order valence-electron chi connectivity index (χ1n) is 6.85. The van der Waals surface area contributed by atoms with E-state index in [-0.39, 0.29) is 11.5 Å². The van der Waals surface area contributed by atoms with Gasteiger partial charge in [-0.1, -0.05) is 6.07 Å². The summed E-state index contributed by atoms with van der Waals surface area (Å²) in [6, 6.07) is 6.82. The predicted octanol–water partition coefficient (Wildman–Crippen LogP) is 1.50. The van der Waals surface area contributed by atoms with Crippen LogP contribution in [0.1, 0.15) is 30.6 Å². The van der Waals surface area contributed by atoms with E-state index in [4.69, 9.17) is 20.1 Å². The smallest absolute Gasteiger partial charge is 0.265 e. The van der Waals surface area contributed by atoms with Gasteiger partial charge in [-0.3, -0.25) is 10.2 Å². The summed E-state index contributed by atoms with van der Waals surface area (Å²) in [5.41, 5.74) is 2.36. The Hall–Kier alpha value is -1.63. The molecule has 0 aromatic heterocycles. The van der Waals surface area contributed by atoms with E-state index < -0.39 is 0 Å². The van der Waals surface area contributed by atoms with Gasteiger partial charge < -0.3 is 14.2 Å². The minimum atomic E-state index is -0.349. The zero-order valence-corrected chi connectivity index (χ0v) is 12.8.